The number of hydrogen-bond acceptors (Lipinski definition) is 19. The molecule has 0 aromatic heterocycles. The molecule has 2 unspecified atom stereocenters. The lowest BCUT2D eigenvalue weighted by atomic mass is 9.79. The zero-order chi connectivity index (χ0) is 54.9. The van der Waals surface area contributed by atoms with Gasteiger partial charge >= 0.3 is 5.97 Å². The van der Waals surface area contributed by atoms with Crippen molar-refractivity contribution in [3.05, 3.63) is 24.3 Å². The maximum atomic E-state index is 14.6. The van der Waals surface area contributed by atoms with Crippen molar-refractivity contribution in [1.29, 1.82) is 0 Å². The highest BCUT2D eigenvalue weighted by atomic mass is 16.8. The van der Waals surface area contributed by atoms with Gasteiger partial charge in [0.15, 0.2) is 17.4 Å². The van der Waals surface area contributed by atoms with Crippen LogP contribution in [0.5, 0.6) is 0 Å². The Morgan fingerprint density at radius 1 is 0.550 bits per heavy atom. The van der Waals surface area contributed by atoms with Gasteiger partial charge in [0.05, 0.1) is 123 Å². The molecule has 16 fully saturated rings. The van der Waals surface area contributed by atoms with Crippen LogP contribution in [0.25, 0.3) is 0 Å². The Labute approximate surface area is 469 Å². The van der Waals surface area contributed by atoms with Crippen molar-refractivity contribution in [2.24, 2.45) is 23.7 Å². The molecule has 3 N–H and O–H groups in total. The molecule has 19 nitrogen and oxygen atoms in total. The number of carbonyl (C=O) groups excluding carboxylic acids is 1. The van der Waals surface area contributed by atoms with Gasteiger partial charge in [0.1, 0.15) is 42.2 Å². The lowest BCUT2D eigenvalue weighted by molar-refractivity contribution is -0.347. The average Bonchev–Trinajstić information content (AvgIpc) is 4.43. The summed E-state index contributed by atoms with van der Waals surface area (Å²) in [6.07, 6.45) is 1.95. The SMILES string of the molecule is C=C1C2C[C@@H]3O[C@H]4C[C@H]5O[C@]6(C[C@@H]7O[C@]8(C[C@H](C)[C@@H]9O[C@H]([C@@H](O)C[C@@H](O)CO)C[C@@H]9O8)C[C@H](C)[C@@H]7O6)C[C@H]5O[C@H]4[C@H](C)[C@H]3OC(=O)C[C@H]3CC[C@@H]4OC5[C@H]6O[C@@]7(C)C[C@](CC[C@H]8CC(=C)[C@H](CC[C@@H](C[C@H]1C)O2)O8)(O[C@H]6[C@H]4O3)O[C@@H]57. The zero-order valence-electron chi connectivity index (χ0n) is 47.4. The highest BCUT2D eigenvalue weighted by Crippen LogP contribution is 2.60. The highest BCUT2D eigenvalue weighted by molar-refractivity contribution is 5.70. The van der Waals surface area contributed by atoms with Crippen LogP contribution in [0.15, 0.2) is 24.3 Å². The largest absolute Gasteiger partial charge is 0.459 e. The van der Waals surface area contributed by atoms with Gasteiger partial charge in [-0.3, -0.25) is 4.79 Å². The molecule has 16 saturated heterocycles. The summed E-state index contributed by atoms with van der Waals surface area (Å²) in [5.41, 5.74) is 1.60. The zero-order valence-corrected chi connectivity index (χ0v) is 47.4. The molecule has 0 aliphatic carbocycles. The lowest BCUT2D eigenvalue weighted by Gasteiger charge is -2.50. The Morgan fingerprint density at radius 2 is 1.25 bits per heavy atom. The molecule has 16 aliphatic rings. The van der Waals surface area contributed by atoms with E-state index in [2.05, 4.69) is 47.8 Å². The van der Waals surface area contributed by atoms with Crippen LogP contribution in [0.2, 0.25) is 0 Å². The standard InChI is InChI=1S/C61H88O19/c1-27-14-34-8-10-38-28(2)15-36(66-38)12-13-59-26-58(7)57(80-59)56-55(77-58)54(79-59)53-39(70-56)11-9-35(68-53)17-48(65)73-52-32(6)51-44(69-43(52)18-40(67-34)31(27)5)20-42-46(72-51)23-61(74-42)24-47-50(78-61)30(4)22-60(76-47)21-29(3)49-45(75-60)19-41(71-49)37(64)16-33(63)25-62/h27,29-30,32-47,49-57,62-64H,2,5,8-26H2,1,3-4,6-7H3/t27-,29+,30+,32+,33-,34+,35-,36+,37+,38+,39+,40?,41+,42-,43+,44+,45+,46-,47+,49+,50+,51+,52-,53+,54+,55+,56?,57+,58+,59-,60-,61-/m1/s1. The third-order valence-electron chi connectivity index (χ3n) is 22.3. The van der Waals surface area contributed by atoms with Crippen molar-refractivity contribution >= 4 is 5.97 Å². The molecule has 16 aliphatic heterocycles. The van der Waals surface area contributed by atoms with Crippen molar-refractivity contribution < 1.29 is 91.2 Å². The van der Waals surface area contributed by atoms with E-state index in [1.807, 2.05) is 0 Å². The second kappa shape index (κ2) is 20.2. The minimum absolute atomic E-state index is 0.00300. The van der Waals surface area contributed by atoms with E-state index in [1.165, 1.54) is 0 Å². The van der Waals surface area contributed by atoms with Crippen LogP contribution < -0.4 is 0 Å². The molecule has 0 aromatic rings. The molecule has 0 amide bonds. The summed E-state index contributed by atoms with van der Waals surface area (Å²) in [6, 6.07) is 0. The first kappa shape index (κ1) is 54.9. The minimum Gasteiger partial charge on any atom is -0.459 e. The maximum Gasteiger partial charge on any atom is 0.308 e. The fourth-order valence-corrected chi connectivity index (χ4v) is 18.6. The van der Waals surface area contributed by atoms with Gasteiger partial charge < -0.3 is 86.4 Å². The number of carbonyl (C=O) groups is 1. The quantitative estimate of drug-likeness (QED) is 0.240. The lowest BCUT2D eigenvalue weighted by Crippen LogP contribution is -2.62. The Kier molecular flexibility index (Phi) is 13.8. The van der Waals surface area contributed by atoms with Crippen molar-refractivity contribution in [2.75, 3.05) is 6.61 Å². The first-order chi connectivity index (χ1) is 38.3. The molecule has 80 heavy (non-hydrogen) atoms. The number of ether oxygens (including phenoxy) is 15. The molecule has 446 valence electrons. The third-order valence-corrected chi connectivity index (χ3v) is 22.3. The van der Waals surface area contributed by atoms with Gasteiger partial charge in [-0.05, 0) is 80.8 Å². The minimum atomic E-state index is -1.02. The third kappa shape index (κ3) is 9.32. The van der Waals surface area contributed by atoms with Crippen LogP contribution in [0.1, 0.15) is 150 Å². The van der Waals surface area contributed by atoms with Crippen LogP contribution in [-0.2, 0) is 75.8 Å². The molecule has 12 bridgehead atoms. The Morgan fingerprint density at radius 3 is 2.09 bits per heavy atom. The van der Waals surface area contributed by atoms with Gasteiger partial charge in [-0.15, -0.1) is 0 Å². The summed E-state index contributed by atoms with van der Waals surface area (Å²) in [6.45, 7) is 19.6. The second-order valence-corrected chi connectivity index (χ2v) is 28.2. The Bertz CT molecular complexity index is 2390. The van der Waals surface area contributed by atoms with E-state index in [4.69, 9.17) is 71.1 Å². The molecule has 0 radical (unpaired) electrons. The van der Waals surface area contributed by atoms with E-state index in [0.717, 1.165) is 43.3 Å². The van der Waals surface area contributed by atoms with Gasteiger partial charge in [-0.2, -0.15) is 0 Å². The molecule has 0 aromatic carbocycles. The highest BCUT2D eigenvalue weighted by Gasteiger charge is 2.73. The predicted octanol–water partition coefficient (Wildman–Crippen LogP) is 5.32. The maximum absolute atomic E-state index is 14.6. The normalized spacial score (nSPS) is 57.6. The first-order valence-corrected chi connectivity index (χ1v) is 31.2. The summed E-state index contributed by atoms with van der Waals surface area (Å²) < 4.78 is 104. The van der Waals surface area contributed by atoms with Crippen LogP contribution in [0.4, 0.5) is 0 Å². The first-order valence-electron chi connectivity index (χ1n) is 31.2. The van der Waals surface area contributed by atoms with Crippen LogP contribution in [-0.4, -0.2) is 197 Å². The monoisotopic (exact) mass is 1120 g/mol. The second-order valence-electron chi connectivity index (χ2n) is 28.2. The van der Waals surface area contributed by atoms with Crippen LogP contribution in [0.3, 0.4) is 0 Å². The number of rotatable bonds is 4. The summed E-state index contributed by atoms with van der Waals surface area (Å²) in [5, 5.41) is 30.4. The van der Waals surface area contributed by atoms with E-state index in [0.29, 0.717) is 70.6 Å². The van der Waals surface area contributed by atoms with Gasteiger partial charge in [0.25, 0.3) is 0 Å². The van der Waals surface area contributed by atoms with Crippen molar-refractivity contribution in [3.63, 3.8) is 0 Å². The fourth-order valence-electron chi connectivity index (χ4n) is 18.6. The number of aliphatic hydroxyl groups is 3. The number of hydrogen-bond donors (Lipinski definition) is 3. The Balaban J connectivity index is 0.658. The van der Waals surface area contributed by atoms with E-state index >= 15 is 0 Å². The van der Waals surface area contributed by atoms with Crippen molar-refractivity contribution in [1.82, 2.24) is 0 Å². The number of fused-ring (bicyclic) bond motifs is 10. The average molecular weight is 1130 g/mol. The molecular formula is C61H88O19. The van der Waals surface area contributed by atoms with Gasteiger partial charge in [-0.1, -0.05) is 40.9 Å². The molecule has 0 saturated carbocycles. The predicted molar refractivity (Wildman–Crippen MR) is 278 cm³/mol. The van der Waals surface area contributed by atoms with E-state index in [9.17, 15) is 20.1 Å². The Hall–Kier alpha value is -1.73. The van der Waals surface area contributed by atoms with Gasteiger partial charge in [-0.25, -0.2) is 0 Å². The number of aliphatic hydroxyl groups excluding tert-OH is 3. The summed E-state index contributed by atoms with van der Waals surface area (Å²) in [7, 11) is 0. The molecule has 3 spiro atoms. The summed E-state index contributed by atoms with van der Waals surface area (Å²) in [4.78, 5) is 14.6. The fraction of sp³-hybridized carbons (Fsp3) is 0.918. The van der Waals surface area contributed by atoms with Crippen molar-refractivity contribution in [3.8, 4) is 0 Å². The summed E-state index contributed by atoms with van der Waals surface area (Å²) in [5.74, 6) is -2.82. The van der Waals surface area contributed by atoms with Crippen LogP contribution in [0, 0.1) is 23.7 Å². The molecule has 16 rings (SSSR count). The van der Waals surface area contributed by atoms with E-state index in [1.54, 1.807) is 0 Å². The smallest absolute Gasteiger partial charge is 0.308 e. The van der Waals surface area contributed by atoms with Crippen LogP contribution >= 0.6 is 0 Å². The van der Waals surface area contributed by atoms with E-state index < -0.39 is 78.4 Å². The molecule has 32 atom stereocenters. The van der Waals surface area contributed by atoms with Gasteiger partial charge in [0.2, 0.25) is 0 Å². The topological polar surface area (TPSA) is 216 Å². The summed E-state index contributed by atoms with van der Waals surface area (Å²) >= 11 is 0. The number of esters is 1. The van der Waals surface area contributed by atoms with Gasteiger partial charge in [0, 0.05) is 70.1 Å². The van der Waals surface area contributed by atoms with E-state index in [-0.39, 0.29) is 140 Å². The molecule has 16 heterocycles. The van der Waals surface area contributed by atoms with Crippen molar-refractivity contribution in [2.45, 2.75) is 320 Å². The molecular weight excluding hydrogens is 1040 g/mol. The molecule has 19 heteroatoms.